The molecule has 2 nitrogen and oxygen atoms in total. The molecule has 0 radical (unpaired) electrons. The Kier molecular flexibility index (Phi) is 3.05. The fourth-order valence-corrected chi connectivity index (χ4v) is 8.60. The van der Waals surface area contributed by atoms with Crippen molar-refractivity contribution in [3.05, 3.63) is 23.8 Å². The first-order chi connectivity index (χ1) is 11.8. The molecule has 0 aromatic carbocycles. The average molecular weight is 338 g/mol. The van der Waals surface area contributed by atoms with Crippen LogP contribution in [0.2, 0.25) is 0 Å². The molecule has 0 unspecified atom stereocenters. The van der Waals surface area contributed by atoms with Crippen LogP contribution in [-0.4, -0.2) is 11.6 Å². The molecular weight excluding hydrogens is 308 g/mol. The molecule has 5 aliphatic carbocycles. The summed E-state index contributed by atoms with van der Waals surface area (Å²) in [6.45, 7) is 8.72. The van der Waals surface area contributed by atoms with Crippen molar-refractivity contribution in [3.8, 4) is 0 Å². The van der Waals surface area contributed by atoms with Crippen molar-refractivity contribution in [2.45, 2.75) is 71.6 Å². The van der Waals surface area contributed by atoms with Gasteiger partial charge in [-0.2, -0.15) is 0 Å². The van der Waals surface area contributed by atoms with E-state index in [0.29, 0.717) is 41.2 Å². The first-order valence-corrected chi connectivity index (χ1v) is 10.3. The minimum Gasteiger partial charge on any atom is -0.299 e. The van der Waals surface area contributed by atoms with Gasteiger partial charge in [-0.3, -0.25) is 9.59 Å². The van der Waals surface area contributed by atoms with Gasteiger partial charge >= 0.3 is 0 Å². The number of fused-ring (bicyclic) bond motifs is 3. The molecule has 4 saturated carbocycles. The van der Waals surface area contributed by atoms with Gasteiger partial charge in [0, 0.05) is 11.8 Å². The summed E-state index contributed by atoms with van der Waals surface area (Å²) in [5, 5.41) is 0. The largest absolute Gasteiger partial charge is 0.299 e. The Morgan fingerprint density at radius 2 is 1.88 bits per heavy atom. The van der Waals surface area contributed by atoms with Crippen molar-refractivity contribution in [1.29, 1.82) is 0 Å². The van der Waals surface area contributed by atoms with Crippen LogP contribution in [0.5, 0.6) is 0 Å². The Hall–Kier alpha value is -1.18. The zero-order chi connectivity index (χ0) is 17.6. The fraction of sp³-hybridized carbons (Fsp3) is 0.739. The lowest BCUT2D eigenvalue weighted by atomic mass is 9.44. The van der Waals surface area contributed by atoms with Gasteiger partial charge in [0.2, 0.25) is 0 Å². The summed E-state index contributed by atoms with van der Waals surface area (Å²) in [7, 11) is 0. The molecule has 0 N–H and O–H groups in total. The third-order valence-electron chi connectivity index (χ3n) is 9.84. The lowest BCUT2D eigenvalue weighted by Gasteiger charge is -2.59. The Bertz CT molecular complexity index is 718. The number of carbonyl (C=O) groups excluding carboxylic acids is 2. The zero-order valence-electron chi connectivity index (χ0n) is 15.7. The standard InChI is InChI=1S/C23H30O2/c1-14-12-20-18(17-5-4-16(25)13-19(14)17)6-7-21(3)22(15(2)24)8-10-23(20,21)11-9-22/h13,17-18,20H,1,4-12H2,2-3H3/t17-,18-,20-,21-,22?,23?/m1/s1. The maximum Gasteiger partial charge on any atom is 0.156 e. The highest BCUT2D eigenvalue weighted by Crippen LogP contribution is 2.81. The van der Waals surface area contributed by atoms with E-state index in [2.05, 4.69) is 13.5 Å². The van der Waals surface area contributed by atoms with E-state index in [1.807, 2.05) is 13.0 Å². The van der Waals surface area contributed by atoms with Gasteiger partial charge in [-0.25, -0.2) is 0 Å². The van der Waals surface area contributed by atoms with E-state index in [0.717, 1.165) is 25.7 Å². The fourth-order valence-electron chi connectivity index (χ4n) is 8.60. The number of hydrogen-bond donors (Lipinski definition) is 0. The predicted molar refractivity (Wildman–Crippen MR) is 97.9 cm³/mol. The second-order valence-electron chi connectivity index (χ2n) is 9.95. The Morgan fingerprint density at radius 3 is 2.56 bits per heavy atom. The lowest BCUT2D eigenvalue weighted by molar-refractivity contribution is -0.138. The second kappa shape index (κ2) is 4.75. The van der Waals surface area contributed by atoms with E-state index in [1.165, 1.54) is 36.8 Å². The zero-order valence-corrected chi connectivity index (χ0v) is 15.7. The van der Waals surface area contributed by atoms with Crippen LogP contribution in [0.15, 0.2) is 23.8 Å². The molecule has 25 heavy (non-hydrogen) atoms. The lowest BCUT2D eigenvalue weighted by Crippen LogP contribution is -2.54. The van der Waals surface area contributed by atoms with Gasteiger partial charge in [-0.15, -0.1) is 0 Å². The number of rotatable bonds is 1. The van der Waals surface area contributed by atoms with Crippen molar-refractivity contribution in [2.24, 2.45) is 34.0 Å². The molecular formula is C23H30O2. The van der Waals surface area contributed by atoms with Crippen molar-refractivity contribution in [2.75, 3.05) is 0 Å². The summed E-state index contributed by atoms with van der Waals surface area (Å²) >= 11 is 0. The van der Waals surface area contributed by atoms with Crippen LogP contribution >= 0.6 is 0 Å². The van der Waals surface area contributed by atoms with Crippen LogP contribution in [0.3, 0.4) is 0 Å². The summed E-state index contributed by atoms with van der Waals surface area (Å²) < 4.78 is 0. The molecule has 5 rings (SSSR count). The van der Waals surface area contributed by atoms with Crippen LogP contribution < -0.4 is 0 Å². The maximum absolute atomic E-state index is 12.7. The van der Waals surface area contributed by atoms with Crippen LogP contribution in [0, 0.1) is 34.0 Å². The summed E-state index contributed by atoms with van der Waals surface area (Å²) in [6, 6.07) is 0. The van der Waals surface area contributed by atoms with Gasteiger partial charge in [0.15, 0.2) is 5.78 Å². The highest BCUT2D eigenvalue weighted by molar-refractivity contribution is 5.92. The minimum absolute atomic E-state index is 0.0437. The van der Waals surface area contributed by atoms with Gasteiger partial charge in [0.05, 0.1) is 0 Å². The molecule has 4 fully saturated rings. The first-order valence-electron chi connectivity index (χ1n) is 10.3. The molecule has 0 amide bonds. The highest BCUT2D eigenvalue weighted by atomic mass is 16.1. The number of carbonyl (C=O) groups is 2. The Balaban J connectivity index is 1.59. The summed E-state index contributed by atoms with van der Waals surface area (Å²) in [4.78, 5) is 24.7. The maximum atomic E-state index is 12.7. The van der Waals surface area contributed by atoms with Gasteiger partial charge in [0.25, 0.3) is 0 Å². The second-order valence-corrected chi connectivity index (χ2v) is 9.95. The Labute approximate surface area is 151 Å². The molecule has 134 valence electrons. The van der Waals surface area contributed by atoms with Crippen molar-refractivity contribution in [1.82, 2.24) is 0 Å². The van der Waals surface area contributed by atoms with Crippen LogP contribution in [0.1, 0.15) is 71.6 Å². The SMILES string of the molecule is C=C1C[C@@H]2[C@H](CC[C@]3(C)C4(C(C)=O)CCC23CC4)[C@H]2CCC(=O)C=C12. The molecule has 4 atom stereocenters. The van der Waals surface area contributed by atoms with Crippen molar-refractivity contribution in [3.63, 3.8) is 0 Å². The monoisotopic (exact) mass is 338 g/mol. The molecule has 0 aromatic rings. The van der Waals surface area contributed by atoms with Crippen LogP contribution in [0.4, 0.5) is 0 Å². The van der Waals surface area contributed by atoms with Crippen molar-refractivity contribution >= 4 is 11.6 Å². The first kappa shape index (κ1) is 16.0. The van der Waals surface area contributed by atoms with Gasteiger partial charge in [0.1, 0.15) is 5.78 Å². The van der Waals surface area contributed by atoms with E-state index < -0.39 is 0 Å². The van der Waals surface area contributed by atoms with E-state index >= 15 is 0 Å². The summed E-state index contributed by atoms with van der Waals surface area (Å²) in [5.74, 6) is 2.68. The average Bonchev–Trinajstić information content (AvgIpc) is 3.01. The normalized spacial score (nSPS) is 50.8. The number of allylic oxidation sites excluding steroid dienone is 2. The minimum atomic E-state index is -0.0437. The van der Waals surface area contributed by atoms with Gasteiger partial charge in [-0.05, 0) is 98.5 Å². The van der Waals surface area contributed by atoms with E-state index in [4.69, 9.17) is 0 Å². The van der Waals surface area contributed by atoms with Gasteiger partial charge in [-0.1, -0.05) is 19.1 Å². The Morgan fingerprint density at radius 1 is 1.16 bits per heavy atom. The van der Waals surface area contributed by atoms with Crippen LogP contribution in [0.25, 0.3) is 0 Å². The number of hydrogen-bond acceptors (Lipinski definition) is 2. The number of Topliss-reactive ketones (excluding diaryl/α,β-unsaturated/α-hetero) is 1. The quantitative estimate of drug-likeness (QED) is 0.671. The van der Waals surface area contributed by atoms with E-state index in [1.54, 1.807) is 0 Å². The van der Waals surface area contributed by atoms with Crippen LogP contribution in [-0.2, 0) is 9.59 Å². The molecule has 0 saturated heterocycles. The smallest absolute Gasteiger partial charge is 0.156 e. The molecule has 2 heteroatoms. The summed E-state index contributed by atoms with van der Waals surface area (Å²) in [5.41, 5.74) is 3.01. The van der Waals surface area contributed by atoms with Crippen molar-refractivity contribution < 1.29 is 9.59 Å². The molecule has 0 aromatic heterocycles. The topological polar surface area (TPSA) is 34.1 Å². The van der Waals surface area contributed by atoms with E-state index in [-0.39, 0.29) is 10.8 Å². The van der Waals surface area contributed by atoms with E-state index in [9.17, 15) is 9.59 Å². The number of ketones is 2. The molecule has 2 bridgehead atoms. The molecule has 0 spiro atoms. The predicted octanol–water partition coefficient (Wildman–Crippen LogP) is 5.03. The highest BCUT2D eigenvalue weighted by Gasteiger charge is 2.75. The van der Waals surface area contributed by atoms with Gasteiger partial charge < -0.3 is 0 Å². The molecule has 0 aliphatic heterocycles. The summed E-state index contributed by atoms with van der Waals surface area (Å²) in [6.07, 6.45) is 11.9. The molecule has 5 aliphatic rings. The third kappa shape index (κ3) is 1.63. The molecule has 0 heterocycles. The third-order valence-corrected chi connectivity index (χ3v) is 9.84.